The molecule has 9 heteroatoms. The van der Waals surface area contributed by atoms with Crippen molar-refractivity contribution in [2.45, 2.75) is 25.7 Å². The summed E-state index contributed by atoms with van der Waals surface area (Å²) in [5, 5.41) is 4.83. The van der Waals surface area contributed by atoms with E-state index >= 15 is 0 Å². The molecule has 5 nitrogen and oxygen atoms in total. The van der Waals surface area contributed by atoms with Crippen molar-refractivity contribution >= 4 is 67.8 Å². The Balaban J connectivity index is 1.60. The van der Waals surface area contributed by atoms with Crippen LogP contribution in [0.25, 0.3) is 10.2 Å². The number of fused-ring (bicyclic) bond motifs is 3. The summed E-state index contributed by atoms with van der Waals surface area (Å²) >= 11 is 18.8. The number of hydrogen-bond donors (Lipinski definition) is 2. The maximum atomic E-state index is 12.9. The molecule has 0 saturated heterocycles. The van der Waals surface area contributed by atoms with Gasteiger partial charge in [0, 0.05) is 10.6 Å². The van der Waals surface area contributed by atoms with Gasteiger partial charge >= 0.3 is 0 Å². The number of aryl methyl sites for hydroxylation is 2. The summed E-state index contributed by atoms with van der Waals surface area (Å²) in [6, 6.07) is 5.09. The summed E-state index contributed by atoms with van der Waals surface area (Å²) in [6.07, 6.45) is 5.71. The lowest BCUT2D eigenvalue weighted by molar-refractivity contribution is 0.699. The van der Waals surface area contributed by atoms with E-state index < -0.39 is 0 Å². The van der Waals surface area contributed by atoms with Crippen molar-refractivity contribution in [1.29, 1.82) is 0 Å². The minimum absolute atomic E-state index is 0.132. The monoisotopic (exact) mass is 424 g/mol. The van der Waals surface area contributed by atoms with Crippen LogP contribution in [0.1, 0.15) is 23.3 Å². The van der Waals surface area contributed by atoms with Crippen LogP contribution in [-0.4, -0.2) is 14.8 Å². The summed E-state index contributed by atoms with van der Waals surface area (Å²) in [4.78, 5) is 19.4. The third-order valence-electron chi connectivity index (χ3n) is 4.28. The molecule has 0 radical (unpaired) electrons. The Morgan fingerprint density at radius 3 is 2.85 bits per heavy atom. The van der Waals surface area contributed by atoms with Gasteiger partial charge in [-0.15, -0.1) is 11.3 Å². The van der Waals surface area contributed by atoms with Gasteiger partial charge in [-0.05, 0) is 61.7 Å². The predicted molar refractivity (Wildman–Crippen MR) is 113 cm³/mol. The van der Waals surface area contributed by atoms with E-state index in [1.807, 2.05) is 0 Å². The number of aromatic nitrogens is 2. The molecule has 1 aliphatic rings. The van der Waals surface area contributed by atoms with Crippen molar-refractivity contribution in [2.24, 2.45) is 0 Å². The highest BCUT2D eigenvalue weighted by Gasteiger charge is 2.20. The van der Waals surface area contributed by atoms with Gasteiger partial charge in [-0.3, -0.25) is 10.2 Å². The average molecular weight is 425 g/mol. The van der Waals surface area contributed by atoms with Crippen LogP contribution in [0, 0.1) is 0 Å². The van der Waals surface area contributed by atoms with Gasteiger partial charge in [-0.1, -0.05) is 23.2 Å². The highest BCUT2D eigenvalue weighted by molar-refractivity contribution is 7.80. The van der Waals surface area contributed by atoms with Crippen LogP contribution < -0.4 is 16.3 Å². The number of rotatable bonds is 2. The topological polar surface area (TPSA) is 59.0 Å². The minimum atomic E-state index is -0.132. The zero-order valence-corrected chi connectivity index (χ0v) is 16.7. The molecule has 0 saturated carbocycles. The Labute approximate surface area is 168 Å². The van der Waals surface area contributed by atoms with Crippen molar-refractivity contribution in [3.05, 3.63) is 55.4 Å². The highest BCUT2D eigenvalue weighted by Crippen LogP contribution is 2.33. The fraction of sp³-hybridized carbons (Fsp3) is 0.235. The van der Waals surface area contributed by atoms with Crippen molar-refractivity contribution in [3.63, 3.8) is 0 Å². The third-order valence-corrected chi connectivity index (χ3v) is 6.41. The number of thiocarbonyl (C=S) groups is 1. The van der Waals surface area contributed by atoms with Gasteiger partial charge < -0.3 is 5.32 Å². The number of nitrogens with zero attached hydrogens (tertiary/aromatic N) is 2. The first kappa shape index (κ1) is 17.7. The third kappa shape index (κ3) is 3.32. The zero-order chi connectivity index (χ0) is 18.3. The number of halogens is 2. The first-order valence-electron chi connectivity index (χ1n) is 8.08. The summed E-state index contributed by atoms with van der Waals surface area (Å²) in [5.41, 5.74) is 4.56. The average Bonchev–Trinajstić information content (AvgIpc) is 3.00. The first-order valence-corrected chi connectivity index (χ1v) is 10.1. The molecule has 2 heterocycles. The second kappa shape index (κ2) is 7.15. The highest BCUT2D eigenvalue weighted by atomic mass is 35.5. The minimum Gasteiger partial charge on any atom is -0.331 e. The Morgan fingerprint density at radius 1 is 1.23 bits per heavy atom. The number of hydrogen-bond acceptors (Lipinski definition) is 4. The quantitative estimate of drug-likeness (QED) is 0.589. The number of anilines is 1. The van der Waals surface area contributed by atoms with E-state index in [9.17, 15) is 4.79 Å². The second-order valence-electron chi connectivity index (χ2n) is 6.01. The summed E-state index contributed by atoms with van der Waals surface area (Å²) in [6.45, 7) is 0. The van der Waals surface area contributed by atoms with E-state index in [-0.39, 0.29) is 10.7 Å². The van der Waals surface area contributed by atoms with E-state index in [1.54, 1.807) is 29.5 Å². The largest absolute Gasteiger partial charge is 0.331 e. The van der Waals surface area contributed by atoms with Crippen LogP contribution in [0.2, 0.25) is 10.0 Å². The standard InChI is InChI=1S/C17H14Cl2N4OS2/c18-11-6-5-9(7-12(11)19)21-17(25)22-23-8-20-15-14(16(23)24)10-3-1-2-4-13(10)26-15/h5-8H,1-4H2,(H2,21,22,25). The Kier molecular flexibility index (Phi) is 4.88. The van der Waals surface area contributed by atoms with Gasteiger partial charge in [0.2, 0.25) is 0 Å². The van der Waals surface area contributed by atoms with Crippen molar-refractivity contribution in [2.75, 3.05) is 10.7 Å². The summed E-state index contributed by atoms with van der Waals surface area (Å²) < 4.78 is 1.32. The fourth-order valence-electron chi connectivity index (χ4n) is 3.07. The molecule has 3 aromatic rings. The molecule has 2 N–H and O–H groups in total. The van der Waals surface area contributed by atoms with Crippen molar-refractivity contribution in [1.82, 2.24) is 9.66 Å². The molecule has 0 unspecified atom stereocenters. The van der Waals surface area contributed by atoms with E-state index in [0.29, 0.717) is 21.1 Å². The first-order chi connectivity index (χ1) is 12.5. The molecule has 0 aliphatic heterocycles. The Bertz CT molecular complexity index is 1080. The summed E-state index contributed by atoms with van der Waals surface area (Å²) in [7, 11) is 0. The predicted octanol–water partition coefficient (Wildman–Crippen LogP) is 4.58. The molecule has 4 rings (SSSR count). The molecule has 2 aromatic heterocycles. The molecule has 1 aromatic carbocycles. The number of nitrogens with one attached hydrogen (secondary N) is 2. The molecule has 0 bridgehead atoms. The van der Waals surface area contributed by atoms with Crippen LogP contribution in [0.15, 0.2) is 29.3 Å². The molecule has 0 spiro atoms. The van der Waals surface area contributed by atoms with Crippen molar-refractivity contribution in [3.8, 4) is 0 Å². The lowest BCUT2D eigenvalue weighted by atomic mass is 9.97. The SMILES string of the molecule is O=c1c2c3c(sc2ncn1NC(=S)Nc1ccc(Cl)c(Cl)c1)CCCC3. The fourth-order valence-corrected chi connectivity index (χ4v) is 4.80. The van der Waals surface area contributed by atoms with Gasteiger partial charge in [0.25, 0.3) is 5.56 Å². The van der Waals surface area contributed by atoms with Gasteiger partial charge in [-0.25, -0.2) is 9.66 Å². The molecule has 0 fully saturated rings. The normalized spacial score (nSPS) is 13.5. The number of benzene rings is 1. The molecule has 0 atom stereocenters. The van der Waals surface area contributed by atoms with Crippen LogP contribution in [-0.2, 0) is 12.8 Å². The van der Waals surface area contributed by atoms with Crippen LogP contribution in [0.3, 0.4) is 0 Å². The van der Waals surface area contributed by atoms with Crippen LogP contribution >= 0.6 is 46.8 Å². The second-order valence-corrected chi connectivity index (χ2v) is 8.31. The van der Waals surface area contributed by atoms with E-state index in [4.69, 9.17) is 35.4 Å². The number of thiophene rings is 1. The van der Waals surface area contributed by atoms with E-state index in [0.717, 1.165) is 29.7 Å². The molecule has 134 valence electrons. The van der Waals surface area contributed by atoms with E-state index in [1.165, 1.54) is 22.3 Å². The van der Waals surface area contributed by atoms with Crippen molar-refractivity contribution < 1.29 is 0 Å². The molecular formula is C17H14Cl2N4OS2. The van der Waals surface area contributed by atoms with Gasteiger partial charge in [-0.2, -0.15) is 0 Å². The van der Waals surface area contributed by atoms with Crippen LogP contribution in [0.4, 0.5) is 5.69 Å². The maximum Gasteiger partial charge on any atom is 0.281 e. The van der Waals surface area contributed by atoms with Crippen LogP contribution in [0.5, 0.6) is 0 Å². The molecular weight excluding hydrogens is 411 g/mol. The maximum absolute atomic E-state index is 12.9. The Morgan fingerprint density at radius 2 is 2.04 bits per heavy atom. The zero-order valence-electron chi connectivity index (χ0n) is 13.5. The smallest absolute Gasteiger partial charge is 0.281 e. The van der Waals surface area contributed by atoms with E-state index in [2.05, 4.69) is 15.7 Å². The van der Waals surface area contributed by atoms with Gasteiger partial charge in [0.05, 0.1) is 15.4 Å². The molecule has 0 amide bonds. The Hall–Kier alpha value is -1.67. The molecule has 1 aliphatic carbocycles. The van der Waals surface area contributed by atoms with Gasteiger partial charge in [0.1, 0.15) is 11.2 Å². The van der Waals surface area contributed by atoms with Gasteiger partial charge in [0.15, 0.2) is 5.11 Å². The molecule has 26 heavy (non-hydrogen) atoms. The summed E-state index contributed by atoms with van der Waals surface area (Å²) in [5.74, 6) is 0. The lowest BCUT2D eigenvalue weighted by Gasteiger charge is -2.13. The lowest BCUT2D eigenvalue weighted by Crippen LogP contribution is -2.35.